The minimum Gasteiger partial charge on any atom is -0.462 e. The number of rotatable bonds is 8. The second kappa shape index (κ2) is 11.7. The molecule has 0 unspecified atom stereocenters. The SMILES string of the molecule is CCOC(=O)c1ccc(NC(=O)CCCN2C(=O)/C(=C/c3cccc(Cl)c3Cl)SC2=S)cc1. The van der Waals surface area contributed by atoms with Crippen LogP contribution in [0.25, 0.3) is 6.08 Å². The normalized spacial score (nSPS) is 14.6. The molecule has 1 aliphatic rings. The van der Waals surface area contributed by atoms with Crippen LogP contribution in [0, 0.1) is 0 Å². The Balaban J connectivity index is 1.52. The average Bonchev–Trinajstić information content (AvgIpc) is 3.05. The lowest BCUT2D eigenvalue weighted by atomic mass is 10.2. The number of anilines is 1. The van der Waals surface area contributed by atoms with Crippen molar-refractivity contribution in [1.82, 2.24) is 4.90 Å². The molecule has 0 radical (unpaired) electrons. The second-order valence-electron chi connectivity index (χ2n) is 6.93. The third-order valence-electron chi connectivity index (χ3n) is 4.61. The Kier molecular flexibility index (Phi) is 8.91. The van der Waals surface area contributed by atoms with E-state index in [0.717, 1.165) is 0 Å². The molecule has 1 heterocycles. The van der Waals surface area contributed by atoms with Crippen LogP contribution in [0.4, 0.5) is 5.69 Å². The first-order valence-corrected chi connectivity index (χ1v) is 12.0. The molecule has 0 aliphatic carbocycles. The van der Waals surface area contributed by atoms with E-state index in [2.05, 4.69) is 5.32 Å². The van der Waals surface area contributed by atoms with Crippen molar-refractivity contribution in [1.29, 1.82) is 0 Å². The molecule has 6 nitrogen and oxygen atoms in total. The van der Waals surface area contributed by atoms with Crippen molar-refractivity contribution in [3.8, 4) is 0 Å². The predicted octanol–water partition coefficient (Wildman–Crippen LogP) is 5.79. The standard InChI is InChI=1S/C23H20Cl2N2O4S2/c1-2-31-22(30)14-8-10-16(11-9-14)26-19(28)7-4-12-27-21(29)18(33-23(27)32)13-15-5-3-6-17(24)20(15)25/h3,5-6,8-11,13H,2,4,7,12H2,1H3,(H,26,28)/b18-13-. The molecule has 0 aromatic heterocycles. The monoisotopic (exact) mass is 522 g/mol. The van der Waals surface area contributed by atoms with Gasteiger partial charge in [-0.05, 0) is 55.3 Å². The van der Waals surface area contributed by atoms with Crippen LogP contribution in [0.3, 0.4) is 0 Å². The van der Waals surface area contributed by atoms with E-state index in [9.17, 15) is 14.4 Å². The van der Waals surface area contributed by atoms with Gasteiger partial charge in [-0.15, -0.1) is 0 Å². The lowest BCUT2D eigenvalue weighted by Crippen LogP contribution is -2.29. The molecule has 0 spiro atoms. The molecule has 10 heteroatoms. The number of thioether (sulfide) groups is 1. The summed E-state index contributed by atoms with van der Waals surface area (Å²) in [6.45, 7) is 2.35. The molecule has 2 aromatic rings. The number of carbonyl (C=O) groups excluding carboxylic acids is 3. The number of hydrogen-bond acceptors (Lipinski definition) is 6. The summed E-state index contributed by atoms with van der Waals surface area (Å²) in [6, 6.07) is 11.6. The summed E-state index contributed by atoms with van der Waals surface area (Å²) in [6.07, 6.45) is 2.31. The Hall–Kier alpha value is -2.39. The summed E-state index contributed by atoms with van der Waals surface area (Å²) in [5, 5.41) is 3.55. The maximum Gasteiger partial charge on any atom is 0.338 e. The van der Waals surface area contributed by atoms with Gasteiger partial charge in [0, 0.05) is 18.7 Å². The quantitative estimate of drug-likeness (QED) is 0.268. The number of thiocarbonyl (C=S) groups is 1. The molecular weight excluding hydrogens is 503 g/mol. The van der Waals surface area contributed by atoms with E-state index in [0.29, 0.717) is 55.7 Å². The second-order valence-corrected chi connectivity index (χ2v) is 9.39. The molecule has 0 bridgehead atoms. The summed E-state index contributed by atoms with van der Waals surface area (Å²) in [7, 11) is 0. The summed E-state index contributed by atoms with van der Waals surface area (Å²) in [5.74, 6) is -0.841. The molecule has 1 aliphatic heterocycles. The molecule has 0 atom stereocenters. The van der Waals surface area contributed by atoms with Crippen LogP contribution in [0.2, 0.25) is 10.0 Å². The zero-order valence-corrected chi connectivity index (χ0v) is 20.7. The minimum atomic E-state index is -0.412. The highest BCUT2D eigenvalue weighted by atomic mass is 35.5. The molecule has 3 rings (SSSR count). The van der Waals surface area contributed by atoms with Crippen molar-refractivity contribution in [2.75, 3.05) is 18.5 Å². The van der Waals surface area contributed by atoms with Crippen LogP contribution in [-0.4, -0.2) is 40.2 Å². The van der Waals surface area contributed by atoms with Gasteiger partial charge in [-0.2, -0.15) is 0 Å². The smallest absolute Gasteiger partial charge is 0.338 e. The molecule has 1 saturated heterocycles. The highest BCUT2D eigenvalue weighted by molar-refractivity contribution is 8.26. The van der Waals surface area contributed by atoms with Crippen molar-refractivity contribution in [2.24, 2.45) is 0 Å². The van der Waals surface area contributed by atoms with Crippen molar-refractivity contribution in [3.05, 3.63) is 68.5 Å². The maximum atomic E-state index is 12.8. The van der Waals surface area contributed by atoms with E-state index >= 15 is 0 Å². The maximum absolute atomic E-state index is 12.8. The van der Waals surface area contributed by atoms with Crippen LogP contribution in [0.15, 0.2) is 47.4 Å². The number of nitrogens with one attached hydrogen (secondary N) is 1. The van der Waals surface area contributed by atoms with Gasteiger partial charge in [0.1, 0.15) is 4.32 Å². The highest BCUT2D eigenvalue weighted by Gasteiger charge is 2.31. The van der Waals surface area contributed by atoms with Crippen LogP contribution < -0.4 is 5.32 Å². The minimum absolute atomic E-state index is 0.203. The number of ether oxygens (including phenoxy) is 1. The summed E-state index contributed by atoms with van der Waals surface area (Å²) < 4.78 is 5.36. The van der Waals surface area contributed by atoms with Gasteiger partial charge in [-0.25, -0.2) is 4.79 Å². The van der Waals surface area contributed by atoms with E-state index in [1.54, 1.807) is 55.5 Å². The number of nitrogens with zero attached hydrogens (tertiary/aromatic N) is 1. The van der Waals surface area contributed by atoms with Crippen molar-refractivity contribution in [3.63, 3.8) is 0 Å². The molecule has 2 amide bonds. The Morgan fingerprint density at radius 1 is 1.18 bits per heavy atom. The van der Waals surface area contributed by atoms with Gasteiger partial charge in [-0.3, -0.25) is 14.5 Å². The van der Waals surface area contributed by atoms with Crippen molar-refractivity contribution in [2.45, 2.75) is 19.8 Å². The Bertz CT molecular complexity index is 1120. The molecule has 1 N–H and O–H groups in total. The zero-order valence-electron chi connectivity index (χ0n) is 17.6. The third-order valence-corrected chi connectivity index (χ3v) is 6.82. The topological polar surface area (TPSA) is 75.7 Å². The average molecular weight is 523 g/mol. The number of halogens is 2. The molecule has 33 heavy (non-hydrogen) atoms. The number of hydrogen-bond donors (Lipinski definition) is 1. The molecule has 2 aromatic carbocycles. The number of carbonyl (C=O) groups is 3. The fourth-order valence-electron chi connectivity index (χ4n) is 2.99. The van der Waals surface area contributed by atoms with E-state index in [1.807, 2.05) is 0 Å². The number of amides is 2. The summed E-state index contributed by atoms with van der Waals surface area (Å²) in [4.78, 5) is 38.6. The van der Waals surface area contributed by atoms with Gasteiger partial charge in [0.2, 0.25) is 5.91 Å². The predicted molar refractivity (Wildman–Crippen MR) is 137 cm³/mol. The zero-order chi connectivity index (χ0) is 24.0. The van der Waals surface area contributed by atoms with Gasteiger partial charge in [0.15, 0.2) is 0 Å². The van der Waals surface area contributed by atoms with Gasteiger partial charge in [-0.1, -0.05) is 59.3 Å². The van der Waals surface area contributed by atoms with E-state index < -0.39 is 5.97 Å². The lowest BCUT2D eigenvalue weighted by Gasteiger charge is -2.14. The first-order valence-electron chi connectivity index (χ1n) is 10.1. The highest BCUT2D eigenvalue weighted by Crippen LogP contribution is 2.35. The van der Waals surface area contributed by atoms with Gasteiger partial charge < -0.3 is 10.1 Å². The van der Waals surface area contributed by atoms with Gasteiger partial charge >= 0.3 is 5.97 Å². The Labute approximate surface area is 211 Å². The molecule has 172 valence electrons. The molecular formula is C23H20Cl2N2O4S2. The van der Waals surface area contributed by atoms with Crippen LogP contribution in [-0.2, 0) is 14.3 Å². The molecule has 0 saturated carbocycles. The largest absolute Gasteiger partial charge is 0.462 e. The van der Waals surface area contributed by atoms with E-state index in [-0.39, 0.29) is 18.2 Å². The van der Waals surface area contributed by atoms with Crippen LogP contribution >= 0.6 is 47.2 Å². The van der Waals surface area contributed by atoms with Gasteiger partial charge in [0.05, 0.1) is 27.1 Å². The lowest BCUT2D eigenvalue weighted by molar-refractivity contribution is -0.122. The Morgan fingerprint density at radius 3 is 2.61 bits per heavy atom. The Morgan fingerprint density at radius 2 is 1.91 bits per heavy atom. The first-order chi connectivity index (χ1) is 15.8. The van der Waals surface area contributed by atoms with Crippen molar-refractivity contribution >= 4 is 81.0 Å². The van der Waals surface area contributed by atoms with E-state index in [1.165, 1.54) is 16.7 Å². The summed E-state index contributed by atoms with van der Waals surface area (Å²) in [5.41, 5.74) is 1.62. The fourth-order valence-corrected chi connectivity index (χ4v) is 4.65. The first kappa shape index (κ1) is 25.2. The van der Waals surface area contributed by atoms with Gasteiger partial charge in [0.25, 0.3) is 5.91 Å². The van der Waals surface area contributed by atoms with Crippen LogP contribution in [0.1, 0.15) is 35.7 Å². The number of esters is 1. The third kappa shape index (κ3) is 6.57. The van der Waals surface area contributed by atoms with E-state index in [4.69, 9.17) is 40.2 Å². The fraction of sp³-hybridized carbons (Fsp3) is 0.217. The van der Waals surface area contributed by atoms with Crippen LogP contribution in [0.5, 0.6) is 0 Å². The van der Waals surface area contributed by atoms with Crippen molar-refractivity contribution < 1.29 is 19.1 Å². The summed E-state index contributed by atoms with van der Waals surface area (Å²) >= 11 is 18.8. The molecule has 1 fully saturated rings. The number of benzene rings is 2.